The van der Waals surface area contributed by atoms with Crippen molar-refractivity contribution in [1.29, 1.82) is 0 Å². The summed E-state index contributed by atoms with van der Waals surface area (Å²) in [5.74, 6) is -1.47. The molecule has 0 aromatic rings. The molecule has 5 heteroatoms. The zero-order chi connectivity index (χ0) is 12.3. The molecule has 1 aliphatic heterocycles. The summed E-state index contributed by atoms with van der Waals surface area (Å²) < 4.78 is 26.6. The SMILES string of the molecule is CNCC1CCN(CC2CCCC(F)(F)C2)C1.Cl. The summed E-state index contributed by atoms with van der Waals surface area (Å²) in [5.41, 5.74) is 0. The van der Waals surface area contributed by atoms with Crippen LogP contribution in [0.3, 0.4) is 0 Å². The maximum absolute atomic E-state index is 13.3. The second kappa shape index (κ2) is 7.01. The average molecular weight is 283 g/mol. The molecule has 2 aliphatic rings. The molecule has 1 N–H and O–H groups in total. The summed E-state index contributed by atoms with van der Waals surface area (Å²) in [6.07, 6.45) is 3.12. The molecule has 0 aromatic carbocycles. The van der Waals surface area contributed by atoms with Crippen molar-refractivity contribution in [2.24, 2.45) is 11.8 Å². The van der Waals surface area contributed by atoms with Gasteiger partial charge in [-0.1, -0.05) is 0 Å². The first-order valence-corrected chi connectivity index (χ1v) is 6.84. The van der Waals surface area contributed by atoms with Crippen molar-refractivity contribution in [3.63, 3.8) is 0 Å². The molecule has 1 saturated heterocycles. The van der Waals surface area contributed by atoms with Gasteiger partial charge in [-0.15, -0.1) is 12.4 Å². The molecule has 0 radical (unpaired) electrons. The highest BCUT2D eigenvalue weighted by molar-refractivity contribution is 5.85. The highest BCUT2D eigenvalue weighted by Gasteiger charge is 2.37. The van der Waals surface area contributed by atoms with E-state index in [1.54, 1.807) is 0 Å². The highest BCUT2D eigenvalue weighted by atomic mass is 35.5. The Balaban J connectivity index is 0.00000162. The minimum atomic E-state index is -2.40. The Labute approximate surface area is 115 Å². The quantitative estimate of drug-likeness (QED) is 0.853. The number of likely N-dealkylation sites (tertiary alicyclic amines) is 1. The molecular formula is C13H25ClF2N2. The summed E-state index contributed by atoms with van der Waals surface area (Å²) in [4.78, 5) is 2.38. The number of alkyl halides is 2. The van der Waals surface area contributed by atoms with Crippen LogP contribution in [0, 0.1) is 11.8 Å². The monoisotopic (exact) mass is 282 g/mol. The normalized spacial score (nSPS) is 32.2. The van der Waals surface area contributed by atoms with Crippen molar-refractivity contribution in [1.82, 2.24) is 10.2 Å². The molecule has 2 fully saturated rings. The van der Waals surface area contributed by atoms with Gasteiger partial charge in [-0.2, -0.15) is 0 Å². The van der Waals surface area contributed by atoms with E-state index in [4.69, 9.17) is 0 Å². The third-order valence-electron chi connectivity index (χ3n) is 4.12. The number of hydrogen-bond donors (Lipinski definition) is 1. The van der Waals surface area contributed by atoms with E-state index in [-0.39, 0.29) is 31.2 Å². The molecule has 0 spiro atoms. The largest absolute Gasteiger partial charge is 0.319 e. The fraction of sp³-hybridized carbons (Fsp3) is 1.00. The highest BCUT2D eigenvalue weighted by Crippen LogP contribution is 2.37. The molecule has 2 nitrogen and oxygen atoms in total. The second-order valence-corrected chi connectivity index (χ2v) is 5.79. The molecule has 0 aromatic heterocycles. The van der Waals surface area contributed by atoms with Gasteiger partial charge in [0.25, 0.3) is 0 Å². The topological polar surface area (TPSA) is 15.3 Å². The molecule has 1 heterocycles. The summed E-state index contributed by atoms with van der Waals surface area (Å²) in [6, 6.07) is 0. The van der Waals surface area contributed by atoms with E-state index in [1.807, 2.05) is 7.05 Å². The lowest BCUT2D eigenvalue weighted by Crippen LogP contribution is -2.35. The van der Waals surface area contributed by atoms with Gasteiger partial charge in [0, 0.05) is 25.9 Å². The van der Waals surface area contributed by atoms with Gasteiger partial charge in [0.05, 0.1) is 0 Å². The van der Waals surface area contributed by atoms with Crippen LogP contribution in [0.1, 0.15) is 32.1 Å². The summed E-state index contributed by atoms with van der Waals surface area (Å²) in [5, 5.41) is 3.20. The van der Waals surface area contributed by atoms with Crippen LogP contribution in [0.15, 0.2) is 0 Å². The van der Waals surface area contributed by atoms with Gasteiger partial charge in [-0.05, 0) is 51.2 Å². The van der Waals surface area contributed by atoms with Gasteiger partial charge in [-0.3, -0.25) is 0 Å². The Morgan fingerprint density at radius 1 is 1.28 bits per heavy atom. The number of nitrogens with one attached hydrogen (secondary N) is 1. The first-order valence-electron chi connectivity index (χ1n) is 6.84. The zero-order valence-corrected chi connectivity index (χ0v) is 11.9. The van der Waals surface area contributed by atoms with E-state index in [0.717, 1.165) is 32.6 Å². The molecular weight excluding hydrogens is 258 g/mol. The predicted octanol–water partition coefficient (Wildman–Crippen LogP) is 2.78. The Hall–Kier alpha value is 0.0700. The van der Waals surface area contributed by atoms with Crippen molar-refractivity contribution in [3.05, 3.63) is 0 Å². The molecule has 2 atom stereocenters. The number of halogens is 3. The third kappa shape index (κ3) is 4.63. The van der Waals surface area contributed by atoms with Crippen LogP contribution < -0.4 is 5.32 Å². The van der Waals surface area contributed by atoms with Gasteiger partial charge >= 0.3 is 0 Å². The summed E-state index contributed by atoms with van der Waals surface area (Å²) in [7, 11) is 1.98. The molecule has 18 heavy (non-hydrogen) atoms. The van der Waals surface area contributed by atoms with Crippen molar-refractivity contribution in [3.8, 4) is 0 Å². The van der Waals surface area contributed by atoms with Gasteiger partial charge in [0.2, 0.25) is 5.92 Å². The first-order chi connectivity index (χ1) is 8.09. The van der Waals surface area contributed by atoms with E-state index in [2.05, 4.69) is 10.2 Å². The van der Waals surface area contributed by atoms with Gasteiger partial charge < -0.3 is 10.2 Å². The van der Waals surface area contributed by atoms with Crippen LogP contribution in [0.2, 0.25) is 0 Å². The van der Waals surface area contributed by atoms with Gasteiger partial charge in [0.1, 0.15) is 0 Å². The Morgan fingerprint density at radius 3 is 2.72 bits per heavy atom. The molecule has 108 valence electrons. The van der Waals surface area contributed by atoms with Crippen LogP contribution >= 0.6 is 12.4 Å². The van der Waals surface area contributed by atoms with Crippen molar-refractivity contribution in [2.75, 3.05) is 33.2 Å². The molecule has 0 amide bonds. The minimum Gasteiger partial charge on any atom is -0.319 e. The maximum atomic E-state index is 13.3. The van der Waals surface area contributed by atoms with Crippen LogP contribution in [0.4, 0.5) is 8.78 Å². The zero-order valence-electron chi connectivity index (χ0n) is 11.1. The third-order valence-corrected chi connectivity index (χ3v) is 4.12. The number of nitrogens with zero attached hydrogens (tertiary/aromatic N) is 1. The fourth-order valence-corrected chi connectivity index (χ4v) is 3.33. The smallest absolute Gasteiger partial charge is 0.248 e. The van der Waals surface area contributed by atoms with Crippen LogP contribution in [0.25, 0.3) is 0 Å². The number of hydrogen-bond acceptors (Lipinski definition) is 2. The van der Waals surface area contributed by atoms with Crippen molar-refractivity contribution < 1.29 is 8.78 Å². The van der Waals surface area contributed by atoms with Crippen molar-refractivity contribution >= 4 is 12.4 Å². The van der Waals surface area contributed by atoms with Crippen LogP contribution in [-0.2, 0) is 0 Å². The van der Waals surface area contributed by atoms with Crippen molar-refractivity contribution in [2.45, 2.75) is 38.0 Å². The van der Waals surface area contributed by atoms with Gasteiger partial charge in [0.15, 0.2) is 0 Å². The lowest BCUT2D eigenvalue weighted by Gasteiger charge is -2.31. The Kier molecular flexibility index (Phi) is 6.28. The second-order valence-electron chi connectivity index (χ2n) is 5.79. The fourth-order valence-electron chi connectivity index (χ4n) is 3.33. The minimum absolute atomic E-state index is 0. The van der Waals surface area contributed by atoms with E-state index < -0.39 is 5.92 Å². The maximum Gasteiger partial charge on any atom is 0.248 e. The predicted molar refractivity (Wildman–Crippen MR) is 72.6 cm³/mol. The van der Waals surface area contributed by atoms with E-state index in [1.165, 1.54) is 6.42 Å². The molecule has 1 aliphatic carbocycles. The molecule has 1 saturated carbocycles. The first kappa shape index (κ1) is 16.1. The standard InChI is InChI=1S/C13H24F2N2.ClH/c1-16-8-12-4-6-17(10-12)9-11-3-2-5-13(14,15)7-11;/h11-12,16H,2-10H2,1H3;1H. The van der Waals surface area contributed by atoms with Gasteiger partial charge in [-0.25, -0.2) is 8.78 Å². The van der Waals surface area contributed by atoms with E-state index in [9.17, 15) is 8.78 Å². The number of rotatable bonds is 4. The molecule has 2 rings (SSSR count). The van der Waals surface area contributed by atoms with E-state index >= 15 is 0 Å². The summed E-state index contributed by atoms with van der Waals surface area (Å²) in [6.45, 7) is 4.12. The average Bonchev–Trinajstić information content (AvgIpc) is 2.64. The van der Waals surface area contributed by atoms with E-state index in [0.29, 0.717) is 12.3 Å². The lowest BCUT2D eigenvalue weighted by molar-refractivity contribution is -0.0562. The van der Waals surface area contributed by atoms with Crippen LogP contribution in [0.5, 0.6) is 0 Å². The Morgan fingerprint density at radius 2 is 2.06 bits per heavy atom. The van der Waals surface area contributed by atoms with Crippen LogP contribution in [-0.4, -0.2) is 44.0 Å². The Bertz CT molecular complexity index is 251. The summed E-state index contributed by atoms with van der Waals surface area (Å²) >= 11 is 0. The molecule has 2 unspecified atom stereocenters. The molecule has 0 bridgehead atoms. The lowest BCUT2D eigenvalue weighted by atomic mass is 9.86.